The molecule has 1 N–H and O–H groups in total. The van der Waals surface area contributed by atoms with E-state index < -0.39 is 0 Å². The van der Waals surface area contributed by atoms with E-state index in [1.165, 1.54) is 21.3 Å². The van der Waals surface area contributed by atoms with Crippen molar-refractivity contribution in [2.45, 2.75) is 0 Å². The lowest BCUT2D eigenvalue weighted by Gasteiger charge is -2.32. The monoisotopic (exact) mass is 309 g/mol. The number of ether oxygens (including phenoxy) is 3. The maximum Gasteiger partial charge on any atom is 0.265 e. The summed E-state index contributed by atoms with van der Waals surface area (Å²) in [6.07, 6.45) is 0. The Hall–Kier alpha value is -1.99. The minimum atomic E-state index is -0.191. The van der Waals surface area contributed by atoms with Crippen LogP contribution in [0.4, 0.5) is 0 Å². The van der Waals surface area contributed by atoms with Crippen molar-refractivity contribution in [2.75, 3.05) is 54.6 Å². The van der Waals surface area contributed by atoms with Gasteiger partial charge in [-0.1, -0.05) is 0 Å². The molecular weight excluding hydrogens is 286 g/mol. The first-order valence-electron chi connectivity index (χ1n) is 7.13. The van der Waals surface area contributed by atoms with Crippen molar-refractivity contribution in [3.8, 4) is 17.2 Å². The van der Waals surface area contributed by atoms with E-state index in [2.05, 4.69) is 17.4 Å². The fourth-order valence-electron chi connectivity index (χ4n) is 2.34. The molecule has 0 aliphatic carbocycles. The Morgan fingerprint density at radius 1 is 1.00 bits per heavy atom. The molecule has 1 aromatic carbocycles. The SMILES string of the molecule is COc1cc(C(=O)NN2CCN(C)CC2)cc(OC)c1OC. The summed E-state index contributed by atoms with van der Waals surface area (Å²) in [6, 6.07) is 3.29. The van der Waals surface area contributed by atoms with Crippen LogP contribution in [0.15, 0.2) is 12.1 Å². The van der Waals surface area contributed by atoms with Gasteiger partial charge in [-0.3, -0.25) is 10.2 Å². The normalized spacial score (nSPS) is 16.2. The van der Waals surface area contributed by atoms with Crippen molar-refractivity contribution in [3.05, 3.63) is 17.7 Å². The lowest BCUT2D eigenvalue weighted by molar-refractivity contribution is 0.0662. The number of methoxy groups -OCH3 is 3. The summed E-state index contributed by atoms with van der Waals surface area (Å²) in [6.45, 7) is 3.45. The highest BCUT2D eigenvalue weighted by Gasteiger charge is 2.20. The van der Waals surface area contributed by atoms with Crippen LogP contribution >= 0.6 is 0 Å². The molecule has 0 radical (unpaired) electrons. The van der Waals surface area contributed by atoms with E-state index in [9.17, 15) is 4.79 Å². The number of carbonyl (C=O) groups excluding carboxylic acids is 1. The molecule has 22 heavy (non-hydrogen) atoms. The number of nitrogens with zero attached hydrogens (tertiary/aromatic N) is 2. The van der Waals surface area contributed by atoms with Gasteiger partial charge in [0.25, 0.3) is 5.91 Å². The first-order chi connectivity index (χ1) is 10.6. The van der Waals surface area contributed by atoms with Crippen molar-refractivity contribution >= 4 is 5.91 Å². The summed E-state index contributed by atoms with van der Waals surface area (Å²) in [5.41, 5.74) is 3.38. The molecule has 0 atom stereocenters. The van der Waals surface area contributed by atoms with Crippen molar-refractivity contribution in [3.63, 3.8) is 0 Å². The van der Waals surface area contributed by atoms with Crippen LogP contribution in [0.5, 0.6) is 17.2 Å². The van der Waals surface area contributed by atoms with Crippen LogP contribution in [-0.2, 0) is 0 Å². The molecule has 1 aliphatic heterocycles. The molecule has 1 aliphatic rings. The van der Waals surface area contributed by atoms with Gasteiger partial charge in [-0.2, -0.15) is 0 Å². The molecule has 7 nitrogen and oxygen atoms in total. The molecule has 1 aromatic rings. The van der Waals surface area contributed by atoms with Crippen molar-refractivity contribution in [1.82, 2.24) is 15.3 Å². The summed E-state index contributed by atoms with van der Waals surface area (Å²) >= 11 is 0. The van der Waals surface area contributed by atoms with Gasteiger partial charge in [-0.15, -0.1) is 0 Å². The zero-order chi connectivity index (χ0) is 16.1. The fourth-order valence-corrected chi connectivity index (χ4v) is 2.34. The van der Waals surface area contributed by atoms with Gasteiger partial charge < -0.3 is 19.1 Å². The Labute approximate surface area is 130 Å². The van der Waals surface area contributed by atoms with E-state index in [0.29, 0.717) is 22.8 Å². The number of hydrazine groups is 1. The minimum absolute atomic E-state index is 0.191. The smallest absolute Gasteiger partial charge is 0.265 e. The number of hydrogen-bond acceptors (Lipinski definition) is 6. The zero-order valence-electron chi connectivity index (χ0n) is 13.5. The van der Waals surface area contributed by atoms with E-state index in [4.69, 9.17) is 14.2 Å². The van der Waals surface area contributed by atoms with Gasteiger partial charge in [-0.05, 0) is 19.2 Å². The van der Waals surface area contributed by atoms with Crippen LogP contribution in [0.1, 0.15) is 10.4 Å². The first kappa shape index (κ1) is 16.4. The minimum Gasteiger partial charge on any atom is -0.493 e. The van der Waals surface area contributed by atoms with E-state index in [1.807, 2.05) is 5.01 Å². The van der Waals surface area contributed by atoms with Crippen molar-refractivity contribution in [2.24, 2.45) is 0 Å². The molecular formula is C15H23N3O4. The van der Waals surface area contributed by atoms with E-state index in [1.54, 1.807) is 12.1 Å². The van der Waals surface area contributed by atoms with Crippen LogP contribution in [0.25, 0.3) is 0 Å². The Kier molecular flexibility index (Phi) is 5.46. The summed E-state index contributed by atoms with van der Waals surface area (Å²) in [5, 5.41) is 1.92. The van der Waals surface area contributed by atoms with Crippen LogP contribution in [-0.4, -0.2) is 70.4 Å². The molecule has 1 saturated heterocycles. The van der Waals surface area contributed by atoms with Crippen LogP contribution < -0.4 is 19.6 Å². The topological polar surface area (TPSA) is 63.3 Å². The molecule has 0 spiro atoms. The van der Waals surface area contributed by atoms with Gasteiger partial charge in [0.15, 0.2) is 11.5 Å². The molecule has 7 heteroatoms. The second kappa shape index (κ2) is 7.33. The van der Waals surface area contributed by atoms with Crippen LogP contribution in [0.3, 0.4) is 0 Å². The third-order valence-corrected chi connectivity index (χ3v) is 3.69. The number of carbonyl (C=O) groups is 1. The average Bonchev–Trinajstić information content (AvgIpc) is 2.55. The van der Waals surface area contributed by atoms with Crippen LogP contribution in [0, 0.1) is 0 Å². The number of piperazine rings is 1. The number of nitrogens with one attached hydrogen (secondary N) is 1. The van der Waals surface area contributed by atoms with E-state index >= 15 is 0 Å². The summed E-state index contributed by atoms with van der Waals surface area (Å²) < 4.78 is 15.8. The van der Waals surface area contributed by atoms with E-state index in [-0.39, 0.29) is 5.91 Å². The number of likely N-dealkylation sites (N-methyl/N-ethyl adjacent to an activating group) is 1. The summed E-state index contributed by atoms with van der Waals surface area (Å²) in [5.74, 6) is 1.21. The number of benzene rings is 1. The predicted molar refractivity (Wildman–Crippen MR) is 82.6 cm³/mol. The molecule has 122 valence electrons. The molecule has 0 saturated carbocycles. The third kappa shape index (κ3) is 3.61. The lowest BCUT2D eigenvalue weighted by Crippen LogP contribution is -2.52. The van der Waals surface area contributed by atoms with E-state index in [0.717, 1.165) is 26.2 Å². The molecule has 0 bridgehead atoms. The second-order valence-electron chi connectivity index (χ2n) is 5.15. The molecule has 2 rings (SSSR count). The zero-order valence-corrected chi connectivity index (χ0v) is 13.5. The number of hydrogen-bond donors (Lipinski definition) is 1. The maximum atomic E-state index is 12.4. The van der Waals surface area contributed by atoms with Gasteiger partial charge >= 0.3 is 0 Å². The molecule has 1 amide bonds. The Morgan fingerprint density at radius 2 is 1.55 bits per heavy atom. The highest BCUT2D eigenvalue weighted by Crippen LogP contribution is 2.38. The molecule has 1 heterocycles. The van der Waals surface area contributed by atoms with Gasteiger partial charge in [0, 0.05) is 31.7 Å². The second-order valence-corrected chi connectivity index (χ2v) is 5.15. The Balaban J connectivity index is 2.15. The first-order valence-corrected chi connectivity index (χ1v) is 7.13. The Morgan fingerprint density at radius 3 is 2.00 bits per heavy atom. The predicted octanol–water partition coefficient (Wildman–Crippen LogP) is 0.605. The summed E-state index contributed by atoms with van der Waals surface area (Å²) in [7, 11) is 6.65. The number of amides is 1. The van der Waals surface area contributed by atoms with Gasteiger partial charge in [0.2, 0.25) is 5.75 Å². The molecule has 1 fully saturated rings. The van der Waals surface area contributed by atoms with Crippen molar-refractivity contribution < 1.29 is 19.0 Å². The van der Waals surface area contributed by atoms with Gasteiger partial charge in [-0.25, -0.2) is 5.01 Å². The molecule has 0 aromatic heterocycles. The average molecular weight is 309 g/mol. The van der Waals surface area contributed by atoms with Gasteiger partial charge in [0.05, 0.1) is 21.3 Å². The number of rotatable bonds is 5. The highest BCUT2D eigenvalue weighted by molar-refractivity contribution is 5.95. The maximum absolute atomic E-state index is 12.4. The quantitative estimate of drug-likeness (QED) is 0.859. The van der Waals surface area contributed by atoms with Crippen molar-refractivity contribution in [1.29, 1.82) is 0 Å². The van der Waals surface area contributed by atoms with Crippen LogP contribution in [0.2, 0.25) is 0 Å². The lowest BCUT2D eigenvalue weighted by atomic mass is 10.1. The molecule has 0 unspecified atom stereocenters. The Bertz CT molecular complexity index is 503. The third-order valence-electron chi connectivity index (χ3n) is 3.69. The fraction of sp³-hybridized carbons (Fsp3) is 0.533. The standard InChI is InChI=1S/C15H23N3O4/c1-17-5-7-18(8-6-17)16-15(19)11-9-12(20-2)14(22-4)13(10-11)21-3/h9-10H,5-8H2,1-4H3,(H,16,19). The largest absolute Gasteiger partial charge is 0.493 e. The summed E-state index contributed by atoms with van der Waals surface area (Å²) in [4.78, 5) is 14.6. The highest BCUT2D eigenvalue weighted by atomic mass is 16.5. The van der Waals surface area contributed by atoms with Gasteiger partial charge in [0.1, 0.15) is 0 Å².